The maximum atomic E-state index is 9.85. The van der Waals surface area contributed by atoms with E-state index in [0.717, 1.165) is 28.6 Å². The van der Waals surface area contributed by atoms with Crippen molar-refractivity contribution in [2.75, 3.05) is 6.61 Å². The molecule has 1 aromatic carbocycles. The maximum absolute atomic E-state index is 9.85. The molecule has 0 fully saturated rings. The molecule has 0 aliphatic carbocycles. The zero-order valence-corrected chi connectivity index (χ0v) is 10.8. The van der Waals surface area contributed by atoms with Crippen LogP contribution in [0.15, 0.2) is 22.7 Å². The highest BCUT2D eigenvalue weighted by Crippen LogP contribution is 2.29. The Balaban J connectivity index is 2.82. The lowest BCUT2D eigenvalue weighted by Gasteiger charge is -2.13. The van der Waals surface area contributed by atoms with Crippen LogP contribution in [0.5, 0.6) is 5.75 Å². The monoisotopic (exact) mass is 272 g/mol. The minimum atomic E-state index is -0.389. The standard InChI is InChI=1S/C12H17BrO2/c1-3-5-12(14)10-7-6-9(15-4-2)8-11(10)13/h6-8,12,14H,3-5H2,1-2H3. The van der Waals surface area contributed by atoms with Crippen LogP contribution >= 0.6 is 15.9 Å². The van der Waals surface area contributed by atoms with Crippen molar-refractivity contribution in [3.63, 3.8) is 0 Å². The van der Waals surface area contributed by atoms with Gasteiger partial charge in [0.1, 0.15) is 5.75 Å². The van der Waals surface area contributed by atoms with E-state index in [-0.39, 0.29) is 6.10 Å². The summed E-state index contributed by atoms with van der Waals surface area (Å²) in [6, 6.07) is 5.70. The Hall–Kier alpha value is -0.540. The fourth-order valence-electron chi connectivity index (χ4n) is 1.46. The van der Waals surface area contributed by atoms with Gasteiger partial charge in [0.05, 0.1) is 12.7 Å². The van der Waals surface area contributed by atoms with Crippen molar-refractivity contribution in [1.29, 1.82) is 0 Å². The number of aliphatic hydroxyl groups excluding tert-OH is 1. The van der Waals surface area contributed by atoms with Gasteiger partial charge in [-0.3, -0.25) is 0 Å². The Morgan fingerprint density at radius 1 is 1.40 bits per heavy atom. The molecule has 1 rings (SSSR count). The van der Waals surface area contributed by atoms with Crippen LogP contribution in [0.2, 0.25) is 0 Å². The molecule has 2 nitrogen and oxygen atoms in total. The molecule has 0 bridgehead atoms. The van der Waals surface area contributed by atoms with E-state index in [4.69, 9.17) is 4.74 Å². The van der Waals surface area contributed by atoms with Crippen LogP contribution in [0.1, 0.15) is 38.4 Å². The molecule has 0 radical (unpaired) electrons. The molecule has 0 amide bonds. The summed E-state index contributed by atoms with van der Waals surface area (Å²) in [5.74, 6) is 0.830. The summed E-state index contributed by atoms with van der Waals surface area (Å²) in [4.78, 5) is 0. The van der Waals surface area contributed by atoms with Crippen LogP contribution in [0.3, 0.4) is 0 Å². The molecule has 0 aliphatic heterocycles. The van der Waals surface area contributed by atoms with Crippen molar-refractivity contribution >= 4 is 15.9 Å². The predicted octanol–water partition coefficient (Wildman–Crippen LogP) is 3.68. The van der Waals surface area contributed by atoms with Crippen molar-refractivity contribution in [2.24, 2.45) is 0 Å². The Labute approximate surface area is 99.4 Å². The van der Waals surface area contributed by atoms with Gasteiger partial charge in [-0.1, -0.05) is 35.3 Å². The summed E-state index contributed by atoms with van der Waals surface area (Å²) in [7, 11) is 0. The van der Waals surface area contributed by atoms with E-state index < -0.39 is 0 Å². The van der Waals surface area contributed by atoms with Gasteiger partial charge in [0.2, 0.25) is 0 Å². The summed E-state index contributed by atoms with van der Waals surface area (Å²) < 4.78 is 6.28. The van der Waals surface area contributed by atoms with E-state index in [1.807, 2.05) is 25.1 Å². The second-order valence-electron chi connectivity index (χ2n) is 3.42. The Kier molecular flexibility index (Phi) is 5.12. The third-order valence-corrected chi connectivity index (χ3v) is 2.89. The molecule has 0 spiro atoms. The number of hydrogen-bond donors (Lipinski definition) is 1. The first kappa shape index (κ1) is 12.5. The molecule has 1 aromatic rings. The highest BCUT2D eigenvalue weighted by atomic mass is 79.9. The molecule has 1 unspecified atom stereocenters. The van der Waals surface area contributed by atoms with Gasteiger partial charge in [-0.2, -0.15) is 0 Å². The molecule has 0 saturated carbocycles. The van der Waals surface area contributed by atoms with Gasteiger partial charge < -0.3 is 9.84 Å². The van der Waals surface area contributed by atoms with E-state index in [2.05, 4.69) is 22.9 Å². The quantitative estimate of drug-likeness (QED) is 0.886. The van der Waals surface area contributed by atoms with Crippen molar-refractivity contribution in [3.8, 4) is 5.75 Å². The van der Waals surface area contributed by atoms with E-state index in [0.29, 0.717) is 6.61 Å². The minimum Gasteiger partial charge on any atom is -0.494 e. The Morgan fingerprint density at radius 3 is 2.67 bits per heavy atom. The molecular weight excluding hydrogens is 256 g/mol. The molecular formula is C12H17BrO2. The van der Waals surface area contributed by atoms with Gasteiger partial charge in [-0.25, -0.2) is 0 Å². The summed E-state index contributed by atoms with van der Waals surface area (Å²) in [5, 5.41) is 9.85. The summed E-state index contributed by atoms with van der Waals surface area (Å²) in [6.45, 7) is 4.67. The largest absolute Gasteiger partial charge is 0.494 e. The van der Waals surface area contributed by atoms with Crippen LogP contribution < -0.4 is 4.74 Å². The Morgan fingerprint density at radius 2 is 2.13 bits per heavy atom. The maximum Gasteiger partial charge on any atom is 0.120 e. The molecule has 0 saturated heterocycles. The number of aliphatic hydroxyl groups is 1. The number of benzene rings is 1. The van der Waals surface area contributed by atoms with Gasteiger partial charge in [0, 0.05) is 4.47 Å². The average molecular weight is 273 g/mol. The second kappa shape index (κ2) is 6.13. The smallest absolute Gasteiger partial charge is 0.120 e. The minimum absolute atomic E-state index is 0.389. The first-order valence-corrected chi connectivity index (χ1v) is 6.08. The average Bonchev–Trinajstić information content (AvgIpc) is 2.18. The van der Waals surface area contributed by atoms with Crippen LogP contribution in [-0.4, -0.2) is 11.7 Å². The van der Waals surface area contributed by atoms with Crippen LogP contribution in [0.25, 0.3) is 0 Å². The van der Waals surface area contributed by atoms with Gasteiger partial charge in [-0.05, 0) is 31.0 Å². The highest BCUT2D eigenvalue weighted by Gasteiger charge is 2.10. The van der Waals surface area contributed by atoms with Crippen molar-refractivity contribution < 1.29 is 9.84 Å². The van der Waals surface area contributed by atoms with E-state index >= 15 is 0 Å². The van der Waals surface area contributed by atoms with Crippen molar-refractivity contribution in [2.45, 2.75) is 32.8 Å². The number of ether oxygens (including phenoxy) is 1. The molecule has 0 aliphatic rings. The summed E-state index contributed by atoms with van der Waals surface area (Å²) >= 11 is 3.45. The first-order chi connectivity index (χ1) is 7.19. The molecule has 3 heteroatoms. The predicted molar refractivity (Wildman–Crippen MR) is 65.2 cm³/mol. The number of rotatable bonds is 5. The third kappa shape index (κ3) is 3.50. The number of halogens is 1. The first-order valence-electron chi connectivity index (χ1n) is 5.29. The molecule has 0 heterocycles. The van der Waals surface area contributed by atoms with Gasteiger partial charge >= 0.3 is 0 Å². The van der Waals surface area contributed by atoms with Crippen LogP contribution in [0.4, 0.5) is 0 Å². The van der Waals surface area contributed by atoms with Gasteiger partial charge in [0.15, 0.2) is 0 Å². The molecule has 84 valence electrons. The van der Waals surface area contributed by atoms with E-state index in [9.17, 15) is 5.11 Å². The molecule has 1 N–H and O–H groups in total. The normalized spacial score (nSPS) is 12.5. The lowest BCUT2D eigenvalue weighted by Crippen LogP contribution is -1.99. The van der Waals surface area contributed by atoms with Crippen molar-refractivity contribution in [3.05, 3.63) is 28.2 Å². The van der Waals surface area contributed by atoms with E-state index in [1.165, 1.54) is 0 Å². The second-order valence-corrected chi connectivity index (χ2v) is 4.28. The highest BCUT2D eigenvalue weighted by molar-refractivity contribution is 9.10. The topological polar surface area (TPSA) is 29.5 Å². The molecule has 1 atom stereocenters. The van der Waals surface area contributed by atoms with E-state index in [1.54, 1.807) is 0 Å². The van der Waals surface area contributed by atoms with Crippen LogP contribution in [-0.2, 0) is 0 Å². The number of hydrogen-bond acceptors (Lipinski definition) is 2. The fraction of sp³-hybridized carbons (Fsp3) is 0.500. The molecule has 15 heavy (non-hydrogen) atoms. The van der Waals surface area contributed by atoms with Crippen molar-refractivity contribution in [1.82, 2.24) is 0 Å². The lowest BCUT2D eigenvalue weighted by molar-refractivity contribution is 0.165. The SMILES string of the molecule is CCCC(O)c1ccc(OCC)cc1Br. The summed E-state index contributed by atoms with van der Waals surface area (Å²) in [6.07, 6.45) is 1.37. The third-order valence-electron chi connectivity index (χ3n) is 2.20. The molecule has 0 aromatic heterocycles. The Bertz CT molecular complexity index is 312. The zero-order valence-electron chi connectivity index (χ0n) is 9.16. The zero-order chi connectivity index (χ0) is 11.3. The lowest BCUT2D eigenvalue weighted by atomic mass is 10.1. The van der Waals surface area contributed by atoms with Gasteiger partial charge in [-0.15, -0.1) is 0 Å². The van der Waals surface area contributed by atoms with Crippen LogP contribution in [0, 0.1) is 0 Å². The fourth-order valence-corrected chi connectivity index (χ4v) is 2.09. The van der Waals surface area contributed by atoms with Gasteiger partial charge in [0.25, 0.3) is 0 Å². The summed E-state index contributed by atoms with van der Waals surface area (Å²) in [5.41, 5.74) is 0.931.